The SMILES string of the molecule is COc1ccc(C)cc1NC(=O)CNC(=O)COC(=O)c1cnc2c(cnn2C(C)C)c1. The van der Waals surface area contributed by atoms with E-state index in [0.29, 0.717) is 22.5 Å². The van der Waals surface area contributed by atoms with Crippen molar-refractivity contribution < 1.29 is 23.9 Å². The van der Waals surface area contributed by atoms with Gasteiger partial charge in [0.1, 0.15) is 5.75 Å². The summed E-state index contributed by atoms with van der Waals surface area (Å²) in [6, 6.07) is 7.09. The van der Waals surface area contributed by atoms with Gasteiger partial charge in [0.05, 0.1) is 31.1 Å². The zero-order valence-electron chi connectivity index (χ0n) is 18.3. The first-order chi connectivity index (χ1) is 15.3. The third kappa shape index (κ3) is 5.39. The minimum absolute atomic E-state index is 0.130. The summed E-state index contributed by atoms with van der Waals surface area (Å²) in [5, 5.41) is 10.0. The number of amides is 2. The number of carbonyl (C=O) groups excluding carboxylic acids is 3. The number of anilines is 1. The smallest absolute Gasteiger partial charge is 0.340 e. The number of esters is 1. The number of pyridine rings is 1. The van der Waals surface area contributed by atoms with Crippen LogP contribution >= 0.6 is 0 Å². The fourth-order valence-electron chi connectivity index (χ4n) is 2.99. The maximum absolute atomic E-state index is 12.3. The molecule has 0 saturated heterocycles. The summed E-state index contributed by atoms with van der Waals surface area (Å²) in [6.07, 6.45) is 3.00. The standard InChI is InChI=1S/C22H25N5O5/c1-13(2)27-21-15(10-25-27)8-16(9-24-21)22(30)32-12-20(29)23-11-19(28)26-17-7-14(3)5-6-18(17)31-4/h5-10,13H,11-12H2,1-4H3,(H,23,29)(H,26,28). The zero-order valence-corrected chi connectivity index (χ0v) is 18.3. The van der Waals surface area contributed by atoms with E-state index in [1.165, 1.54) is 13.3 Å². The Morgan fingerprint density at radius 2 is 1.91 bits per heavy atom. The number of ether oxygens (including phenoxy) is 2. The first-order valence-corrected chi connectivity index (χ1v) is 10.00. The van der Waals surface area contributed by atoms with Gasteiger partial charge in [-0.15, -0.1) is 0 Å². The van der Waals surface area contributed by atoms with Crippen LogP contribution in [0.3, 0.4) is 0 Å². The number of hydrogen-bond donors (Lipinski definition) is 2. The van der Waals surface area contributed by atoms with Crippen molar-refractivity contribution >= 4 is 34.5 Å². The monoisotopic (exact) mass is 439 g/mol. The van der Waals surface area contributed by atoms with Crippen molar-refractivity contribution in [1.29, 1.82) is 0 Å². The normalized spacial score (nSPS) is 10.8. The number of methoxy groups -OCH3 is 1. The molecule has 2 heterocycles. The van der Waals surface area contributed by atoms with Crippen molar-refractivity contribution in [2.45, 2.75) is 26.8 Å². The average molecular weight is 439 g/mol. The summed E-state index contributed by atoms with van der Waals surface area (Å²) < 4.78 is 12.0. The van der Waals surface area contributed by atoms with Crippen LogP contribution in [0.2, 0.25) is 0 Å². The van der Waals surface area contributed by atoms with Crippen molar-refractivity contribution in [2.75, 3.05) is 25.6 Å². The van der Waals surface area contributed by atoms with Gasteiger partial charge in [0.2, 0.25) is 5.91 Å². The fraction of sp³-hybridized carbons (Fsp3) is 0.318. The van der Waals surface area contributed by atoms with Crippen molar-refractivity contribution in [3.8, 4) is 5.75 Å². The van der Waals surface area contributed by atoms with E-state index in [0.717, 1.165) is 5.56 Å². The number of fused-ring (bicyclic) bond motifs is 1. The lowest BCUT2D eigenvalue weighted by atomic mass is 10.2. The Labute approximate surface area is 184 Å². The predicted molar refractivity (Wildman–Crippen MR) is 118 cm³/mol. The first kappa shape index (κ1) is 22.7. The van der Waals surface area contributed by atoms with E-state index in [-0.39, 0.29) is 18.2 Å². The minimum Gasteiger partial charge on any atom is -0.495 e. The lowest BCUT2D eigenvalue weighted by molar-refractivity contribution is -0.126. The van der Waals surface area contributed by atoms with Crippen molar-refractivity contribution in [3.63, 3.8) is 0 Å². The number of carbonyl (C=O) groups is 3. The molecule has 0 aliphatic rings. The lowest BCUT2D eigenvalue weighted by Crippen LogP contribution is -2.35. The minimum atomic E-state index is -0.694. The van der Waals surface area contributed by atoms with Crippen LogP contribution in [0.15, 0.2) is 36.7 Å². The Morgan fingerprint density at radius 3 is 2.62 bits per heavy atom. The van der Waals surface area contributed by atoms with E-state index < -0.39 is 24.4 Å². The quantitative estimate of drug-likeness (QED) is 0.516. The second kappa shape index (κ2) is 9.90. The van der Waals surface area contributed by atoms with Gasteiger partial charge in [-0.3, -0.25) is 9.59 Å². The Bertz CT molecular complexity index is 1150. The van der Waals surface area contributed by atoms with Gasteiger partial charge >= 0.3 is 5.97 Å². The number of benzene rings is 1. The summed E-state index contributed by atoms with van der Waals surface area (Å²) in [7, 11) is 1.50. The van der Waals surface area contributed by atoms with E-state index in [9.17, 15) is 14.4 Å². The third-order valence-electron chi connectivity index (χ3n) is 4.57. The van der Waals surface area contributed by atoms with Gasteiger partial charge in [0.15, 0.2) is 12.3 Å². The highest BCUT2D eigenvalue weighted by molar-refractivity contribution is 5.97. The molecule has 10 nitrogen and oxygen atoms in total. The van der Waals surface area contributed by atoms with Crippen molar-refractivity contribution in [2.24, 2.45) is 0 Å². The zero-order chi connectivity index (χ0) is 23.3. The number of nitrogens with zero attached hydrogens (tertiary/aromatic N) is 3. The lowest BCUT2D eigenvalue weighted by Gasteiger charge is -2.11. The fourth-order valence-corrected chi connectivity index (χ4v) is 2.99. The van der Waals surface area contributed by atoms with E-state index in [4.69, 9.17) is 9.47 Å². The summed E-state index contributed by atoms with van der Waals surface area (Å²) in [5.74, 6) is -1.23. The molecule has 168 valence electrons. The molecule has 0 aliphatic heterocycles. The van der Waals surface area contributed by atoms with E-state index in [2.05, 4.69) is 20.7 Å². The Kier molecular flexibility index (Phi) is 7.04. The molecular formula is C22H25N5O5. The molecule has 3 rings (SSSR count). The molecule has 10 heteroatoms. The second-order valence-corrected chi connectivity index (χ2v) is 7.42. The highest BCUT2D eigenvalue weighted by Crippen LogP contribution is 2.25. The Hall–Kier alpha value is -3.95. The summed E-state index contributed by atoms with van der Waals surface area (Å²) >= 11 is 0. The van der Waals surface area contributed by atoms with Crippen LogP contribution in [0.25, 0.3) is 11.0 Å². The van der Waals surface area contributed by atoms with E-state index >= 15 is 0 Å². The van der Waals surface area contributed by atoms with Gasteiger partial charge in [-0.25, -0.2) is 14.5 Å². The highest BCUT2D eigenvalue weighted by atomic mass is 16.5. The highest BCUT2D eigenvalue weighted by Gasteiger charge is 2.15. The van der Waals surface area contributed by atoms with Crippen LogP contribution in [-0.2, 0) is 14.3 Å². The molecule has 2 N–H and O–H groups in total. The Balaban J connectivity index is 1.49. The molecule has 0 radical (unpaired) electrons. The van der Waals surface area contributed by atoms with Gasteiger partial charge in [0, 0.05) is 17.6 Å². The maximum atomic E-state index is 12.3. The van der Waals surface area contributed by atoms with Gasteiger partial charge in [0.25, 0.3) is 5.91 Å². The van der Waals surface area contributed by atoms with E-state index in [1.807, 2.05) is 26.8 Å². The molecule has 0 aliphatic carbocycles. The molecule has 1 aromatic carbocycles. The number of aryl methyl sites for hydroxylation is 1. The average Bonchev–Trinajstić information content (AvgIpc) is 3.20. The molecule has 2 amide bonds. The van der Waals surface area contributed by atoms with Crippen LogP contribution in [0, 0.1) is 6.92 Å². The van der Waals surface area contributed by atoms with Crippen molar-refractivity contribution in [1.82, 2.24) is 20.1 Å². The van der Waals surface area contributed by atoms with Gasteiger partial charge in [-0.05, 0) is 44.5 Å². The third-order valence-corrected chi connectivity index (χ3v) is 4.57. The molecular weight excluding hydrogens is 414 g/mol. The van der Waals surface area contributed by atoms with Crippen LogP contribution < -0.4 is 15.4 Å². The number of aromatic nitrogens is 3. The van der Waals surface area contributed by atoms with Gasteiger partial charge in [-0.1, -0.05) is 6.07 Å². The number of rotatable bonds is 8. The summed E-state index contributed by atoms with van der Waals surface area (Å²) in [4.78, 5) is 40.6. The summed E-state index contributed by atoms with van der Waals surface area (Å²) in [5.41, 5.74) is 2.31. The molecule has 0 fully saturated rings. The second-order valence-electron chi connectivity index (χ2n) is 7.42. The van der Waals surface area contributed by atoms with Gasteiger partial charge in [-0.2, -0.15) is 5.10 Å². The molecule has 32 heavy (non-hydrogen) atoms. The molecule has 2 aromatic heterocycles. The van der Waals surface area contributed by atoms with Crippen LogP contribution in [-0.4, -0.2) is 52.8 Å². The summed E-state index contributed by atoms with van der Waals surface area (Å²) in [6.45, 7) is 5.03. The van der Waals surface area contributed by atoms with Crippen LogP contribution in [0.1, 0.15) is 35.8 Å². The molecule has 0 atom stereocenters. The molecule has 0 saturated carbocycles. The number of hydrogen-bond acceptors (Lipinski definition) is 7. The van der Waals surface area contributed by atoms with Crippen LogP contribution in [0.5, 0.6) is 5.75 Å². The molecule has 0 unspecified atom stereocenters. The Morgan fingerprint density at radius 1 is 1.12 bits per heavy atom. The van der Waals surface area contributed by atoms with E-state index in [1.54, 1.807) is 29.1 Å². The van der Waals surface area contributed by atoms with Crippen molar-refractivity contribution in [3.05, 3.63) is 47.8 Å². The predicted octanol–water partition coefficient (Wildman–Crippen LogP) is 2.24. The first-order valence-electron chi connectivity index (χ1n) is 10.00. The van der Waals surface area contributed by atoms with Gasteiger partial charge < -0.3 is 20.1 Å². The maximum Gasteiger partial charge on any atom is 0.340 e. The largest absolute Gasteiger partial charge is 0.495 e. The molecule has 3 aromatic rings. The number of nitrogens with one attached hydrogen (secondary N) is 2. The molecule has 0 spiro atoms. The topological polar surface area (TPSA) is 124 Å². The van der Waals surface area contributed by atoms with Crippen LogP contribution in [0.4, 0.5) is 5.69 Å². The molecule has 0 bridgehead atoms.